The van der Waals surface area contributed by atoms with Gasteiger partial charge in [-0.1, -0.05) is 191 Å². The summed E-state index contributed by atoms with van der Waals surface area (Å²) in [6.45, 7) is 24.8. The van der Waals surface area contributed by atoms with E-state index in [4.69, 9.17) is 0 Å². The van der Waals surface area contributed by atoms with Gasteiger partial charge in [-0.3, -0.25) is 0 Å². The van der Waals surface area contributed by atoms with Gasteiger partial charge < -0.3 is 0 Å². The monoisotopic (exact) mass is 535 g/mol. The van der Waals surface area contributed by atoms with Gasteiger partial charge in [0.15, 0.2) is 0 Å². The lowest BCUT2D eigenvalue weighted by atomic mass is 9.57. The van der Waals surface area contributed by atoms with Crippen molar-refractivity contribution in [1.82, 2.24) is 0 Å². The Morgan fingerprint density at radius 2 is 0.684 bits per heavy atom. The van der Waals surface area contributed by atoms with E-state index >= 15 is 0 Å². The molecule has 0 rings (SSSR count). The quantitative estimate of drug-likeness (QED) is 0.0919. The van der Waals surface area contributed by atoms with Crippen molar-refractivity contribution in [1.29, 1.82) is 0 Å². The second-order valence-corrected chi connectivity index (χ2v) is 15.1. The molecule has 0 radical (unpaired) electrons. The molecule has 0 heterocycles. The van der Waals surface area contributed by atoms with Gasteiger partial charge in [-0.05, 0) is 53.8 Å². The van der Waals surface area contributed by atoms with Gasteiger partial charge in [-0.2, -0.15) is 0 Å². The van der Waals surface area contributed by atoms with Crippen LogP contribution in [0.15, 0.2) is 0 Å². The van der Waals surface area contributed by atoms with E-state index in [1.54, 1.807) is 0 Å². The maximum absolute atomic E-state index is 2.74. The Labute approximate surface area is 244 Å². The van der Waals surface area contributed by atoms with Gasteiger partial charge in [0.05, 0.1) is 0 Å². The lowest BCUT2D eigenvalue weighted by Gasteiger charge is -2.48. The summed E-state index contributed by atoms with van der Waals surface area (Å²) in [6, 6.07) is 0. The van der Waals surface area contributed by atoms with Crippen LogP contribution < -0.4 is 0 Å². The van der Waals surface area contributed by atoms with Crippen LogP contribution in [-0.2, 0) is 0 Å². The van der Waals surface area contributed by atoms with Crippen molar-refractivity contribution in [3.8, 4) is 0 Å². The molecule has 0 bridgehead atoms. The molecule has 2 unspecified atom stereocenters. The highest BCUT2D eigenvalue weighted by Gasteiger charge is 2.42. The second-order valence-electron chi connectivity index (χ2n) is 15.1. The summed E-state index contributed by atoms with van der Waals surface area (Å²) in [7, 11) is 0. The second kappa shape index (κ2) is 21.7. The van der Waals surface area contributed by atoms with E-state index in [0.29, 0.717) is 16.2 Å². The Hall–Kier alpha value is 0. The maximum Gasteiger partial charge on any atom is -0.0272 e. The first-order valence-electron chi connectivity index (χ1n) is 18.0. The summed E-state index contributed by atoms with van der Waals surface area (Å²) in [4.78, 5) is 0. The third kappa shape index (κ3) is 15.1. The maximum atomic E-state index is 2.74. The molecule has 2 atom stereocenters. The molecule has 0 heteroatoms. The zero-order valence-electron chi connectivity index (χ0n) is 28.9. The summed E-state index contributed by atoms with van der Waals surface area (Å²) in [5.74, 6) is 1.60. The summed E-state index contributed by atoms with van der Waals surface area (Å²) in [5.41, 5.74) is 1.50. The van der Waals surface area contributed by atoms with Crippen molar-refractivity contribution >= 4 is 0 Å². The smallest absolute Gasteiger partial charge is 0.0272 e. The van der Waals surface area contributed by atoms with E-state index in [9.17, 15) is 0 Å². The van der Waals surface area contributed by atoms with E-state index in [1.165, 1.54) is 148 Å². The fourth-order valence-electron chi connectivity index (χ4n) is 6.90. The first-order valence-corrected chi connectivity index (χ1v) is 18.0. The molecule has 0 fully saturated rings. The van der Waals surface area contributed by atoms with Gasteiger partial charge in [0.2, 0.25) is 0 Å². The highest BCUT2D eigenvalue weighted by atomic mass is 14.5. The van der Waals surface area contributed by atoms with Crippen LogP contribution in [0.25, 0.3) is 0 Å². The Bertz CT molecular complexity index is 500. The normalized spacial score (nSPS) is 15.2. The predicted molar refractivity (Wildman–Crippen MR) is 177 cm³/mol. The fraction of sp³-hybridized carbons (Fsp3) is 1.00. The van der Waals surface area contributed by atoms with Crippen LogP contribution in [0.3, 0.4) is 0 Å². The number of unbranched alkanes of at least 4 members (excludes halogenated alkanes) is 14. The Balaban J connectivity index is 5.17. The Kier molecular flexibility index (Phi) is 21.7. The molecular formula is C38H78. The fourth-order valence-corrected chi connectivity index (χ4v) is 6.90. The van der Waals surface area contributed by atoms with Gasteiger partial charge in [0.1, 0.15) is 0 Å². The van der Waals surface area contributed by atoms with Gasteiger partial charge in [-0.15, -0.1) is 0 Å². The molecule has 0 spiro atoms. The molecule has 0 aromatic carbocycles. The molecular weight excluding hydrogens is 456 g/mol. The van der Waals surface area contributed by atoms with E-state index in [2.05, 4.69) is 69.2 Å². The molecule has 0 aromatic heterocycles. The Morgan fingerprint density at radius 3 is 1.00 bits per heavy atom. The molecule has 0 aliphatic rings. The zero-order valence-corrected chi connectivity index (χ0v) is 28.9. The van der Waals surface area contributed by atoms with Crippen molar-refractivity contribution in [2.45, 2.75) is 217 Å². The molecule has 0 aliphatic heterocycles. The van der Waals surface area contributed by atoms with Crippen molar-refractivity contribution < 1.29 is 0 Å². The summed E-state index contributed by atoms with van der Waals surface area (Å²) in [6.07, 6.45) is 33.0. The van der Waals surface area contributed by atoms with Crippen LogP contribution in [-0.4, -0.2) is 0 Å². The highest BCUT2D eigenvalue weighted by Crippen LogP contribution is 2.53. The molecule has 0 N–H and O–H groups in total. The van der Waals surface area contributed by atoms with Crippen molar-refractivity contribution in [3.63, 3.8) is 0 Å². The standard InChI is InChI=1S/C38H78/c1-11-14-17-21-26-31-38(10,32-27-22-18-15-12-2)37(9,30-25-19-16-13-3)33-28-23-20-24-29-35(6)36(7,8)34(4)5/h34-35H,11-33H2,1-10H3. The number of rotatable bonds is 27. The third-order valence-corrected chi connectivity index (χ3v) is 11.6. The molecule has 0 saturated carbocycles. The molecule has 0 aliphatic carbocycles. The number of hydrogen-bond donors (Lipinski definition) is 0. The largest absolute Gasteiger partial charge is 0.0654 e. The lowest BCUT2D eigenvalue weighted by Crippen LogP contribution is -2.38. The summed E-state index contributed by atoms with van der Waals surface area (Å²) in [5, 5.41) is 0. The topological polar surface area (TPSA) is 0 Å². The first-order chi connectivity index (χ1) is 18.0. The van der Waals surface area contributed by atoms with Crippen LogP contribution in [0, 0.1) is 28.1 Å². The molecule has 0 aromatic rings. The summed E-state index contributed by atoms with van der Waals surface area (Å²) >= 11 is 0. The van der Waals surface area contributed by atoms with E-state index in [1.807, 2.05) is 0 Å². The molecule has 0 saturated heterocycles. The minimum absolute atomic E-state index is 0.465. The van der Waals surface area contributed by atoms with Gasteiger partial charge in [0, 0.05) is 0 Å². The van der Waals surface area contributed by atoms with Gasteiger partial charge in [0.25, 0.3) is 0 Å². The van der Waals surface area contributed by atoms with Crippen LogP contribution in [0.5, 0.6) is 0 Å². The SMILES string of the molecule is CCCCCCCC(C)(CCCCCCC)C(C)(CCCCCC)CCCCCCC(C)C(C)(C)C(C)C. The van der Waals surface area contributed by atoms with Crippen LogP contribution in [0.1, 0.15) is 217 Å². The number of hydrogen-bond acceptors (Lipinski definition) is 0. The molecule has 0 amide bonds. The van der Waals surface area contributed by atoms with E-state index in [0.717, 1.165) is 11.8 Å². The van der Waals surface area contributed by atoms with Crippen molar-refractivity contribution in [2.24, 2.45) is 28.1 Å². The van der Waals surface area contributed by atoms with Crippen molar-refractivity contribution in [2.75, 3.05) is 0 Å². The van der Waals surface area contributed by atoms with Crippen LogP contribution in [0.4, 0.5) is 0 Å². The Morgan fingerprint density at radius 1 is 0.395 bits per heavy atom. The lowest BCUT2D eigenvalue weighted by molar-refractivity contribution is 0.0208. The molecule has 0 nitrogen and oxygen atoms in total. The average Bonchev–Trinajstić information content (AvgIpc) is 2.88. The van der Waals surface area contributed by atoms with Crippen LogP contribution >= 0.6 is 0 Å². The molecule has 230 valence electrons. The first kappa shape index (κ1) is 38.0. The molecule has 38 heavy (non-hydrogen) atoms. The van der Waals surface area contributed by atoms with E-state index in [-0.39, 0.29) is 0 Å². The average molecular weight is 535 g/mol. The van der Waals surface area contributed by atoms with Gasteiger partial charge >= 0.3 is 0 Å². The van der Waals surface area contributed by atoms with E-state index < -0.39 is 0 Å². The third-order valence-electron chi connectivity index (χ3n) is 11.6. The minimum Gasteiger partial charge on any atom is -0.0654 e. The highest BCUT2D eigenvalue weighted by molar-refractivity contribution is 4.92. The van der Waals surface area contributed by atoms with Crippen molar-refractivity contribution in [3.05, 3.63) is 0 Å². The van der Waals surface area contributed by atoms with Crippen LogP contribution in [0.2, 0.25) is 0 Å². The zero-order chi connectivity index (χ0) is 28.9. The summed E-state index contributed by atoms with van der Waals surface area (Å²) < 4.78 is 0. The van der Waals surface area contributed by atoms with Gasteiger partial charge in [-0.25, -0.2) is 0 Å². The minimum atomic E-state index is 0.465. The predicted octanol–water partition coefficient (Wildman–Crippen LogP) is 14.3.